The zero-order chi connectivity index (χ0) is 14.5. The predicted molar refractivity (Wildman–Crippen MR) is 75.0 cm³/mol. The molecule has 3 N–H and O–H groups in total. The van der Waals surface area contributed by atoms with Crippen LogP contribution in [0.1, 0.15) is 27.2 Å². The summed E-state index contributed by atoms with van der Waals surface area (Å²) in [6.45, 7) is 1.77. The van der Waals surface area contributed by atoms with E-state index in [1.54, 1.807) is 31.2 Å². The lowest BCUT2D eigenvalue weighted by Gasteiger charge is -2.05. The lowest BCUT2D eigenvalue weighted by molar-refractivity contribution is 0.0927. The van der Waals surface area contributed by atoms with E-state index in [1.165, 1.54) is 6.26 Å². The Labute approximate surface area is 119 Å². The van der Waals surface area contributed by atoms with Gasteiger partial charge in [0.15, 0.2) is 5.76 Å². The van der Waals surface area contributed by atoms with Crippen LogP contribution < -0.4 is 10.6 Å². The van der Waals surface area contributed by atoms with E-state index in [9.17, 15) is 9.59 Å². The van der Waals surface area contributed by atoms with Gasteiger partial charge in [-0.2, -0.15) is 0 Å². The molecule has 6 nitrogen and oxygen atoms in total. The highest BCUT2D eigenvalue weighted by Crippen LogP contribution is 2.22. The van der Waals surface area contributed by atoms with Crippen molar-refractivity contribution < 1.29 is 19.1 Å². The van der Waals surface area contributed by atoms with Gasteiger partial charge in [-0.25, -0.2) is 0 Å². The Morgan fingerprint density at radius 1 is 1.35 bits per heavy atom. The Balaban J connectivity index is 1.95. The minimum absolute atomic E-state index is 0.185. The van der Waals surface area contributed by atoms with Gasteiger partial charge in [0.25, 0.3) is 11.8 Å². The summed E-state index contributed by atoms with van der Waals surface area (Å²) in [5, 5.41) is 14.9. The van der Waals surface area contributed by atoms with Crippen molar-refractivity contribution >= 4 is 28.2 Å². The molecule has 7 heteroatoms. The van der Waals surface area contributed by atoms with Gasteiger partial charge in [0, 0.05) is 6.54 Å². The van der Waals surface area contributed by atoms with Crippen LogP contribution in [0.3, 0.4) is 0 Å². The number of hydrogen-bond acceptors (Lipinski definition) is 5. The van der Waals surface area contributed by atoms with Gasteiger partial charge in [0.1, 0.15) is 0 Å². The molecule has 0 aromatic carbocycles. The Morgan fingerprint density at radius 3 is 2.80 bits per heavy atom. The average Bonchev–Trinajstić information content (AvgIpc) is 3.06. The summed E-state index contributed by atoms with van der Waals surface area (Å²) in [5.41, 5.74) is 0. The van der Waals surface area contributed by atoms with Crippen molar-refractivity contribution in [2.45, 2.75) is 13.0 Å². The molecule has 0 fully saturated rings. The number of carbonyl (C=O) groups excluding carboxylic acids is 2. The van der Waals surface area contributed by atoms with Gasteiger partial charge in [-0.05, 0) is 31.2 Å². The predicted octanol–water partition coefficient (Wildman–Crippen LogP) is 1.70. The van der Waals surface area contributed by atoms with Crippen molar-refractivity contribution in [2.24, 2.45) is 0 Å². The van der Waals surface area contributed by atoms with Crippen molar-refractivity contribution in [3.8, 4) is 0 Å². The maximum absolute atomic E-state index is 11.7. The van der Waals surface area contributed by atoms with Crippen molar-refractivity contribution in [2.75, 3.05) is 11.9 Å². The fraction of sp³-hybridized carbons (Fsp3) is 0.231. The average molecular weight is 294 g/mol. The molecule has 0 saturated heterocycles. The highest BCUT2D eigenvalue weighted by Gasteiger charge is 2.13. The quantitative estimate of drug-likeness (QED) is 0.782. The molecule has 0 aliphatic rings. The maximum Gasteiger partial charge on any atom is 0.291 e. The van der Waals surface area contributed by atoms with Crippen LogP contribution in [0.15, 0.2) is 34.9 Å². The lowest BCUT2D eigenvalue weighted by atomic mass is 10.4. The first kappa shape index (κ1) is 14.3. The number of aliphatic hydroxyl groups excluding tert-OH is 1. The van der Waals surface area contributed by atoms with Crippen LogP contribution in [0.25, 0.3) is 0 Å². The maximum atomic E-state index is 11.7. The fourth-order valence-electron chi connectivity index (χ4n) is 1.44. The van der Waals surface area contributed by atoms with Crippen LogP contribution in [-0.2, 0) is 0 Å². The minimum Gasteiger partial charge on any atom is -0.459 e. The van der Waals surface area contributed by atoms with Crippen LogP contribution in [0.5, 0.6) is 0 Å². The molecule has 2 aromatic heterocycles. The zero-order valence-electron chi connectivity index (χ0n) is 10.8. The summed E-state index contributed by atoms with van der Waals surface area (Å²) < 4.78 is 4.97. The van der Waals surface area contributed by atoms with Gasteiger partial charge in [0.05, 0.1) is 22.2 Å². The SMILES string of the molecule is CC(O)CNC(=O)c1ccc(NC(=O)c2ccco2)s1. The van der Waals surface area contributed by atoms with Crippen molar-refractivity contribution in [3.05, 3.63) is 41.2 Å². The molecule has 2 aromatic rings. The number of amides is 2. The van der Waals surface area contributed by atoms with Crippen LogP contribution in [0.4, 0.5) is 5.00 Å². The number of anilines is 1. The number of aliphatic hydroxyl groups is 1. The number of hydrogen-bond donors (Lipinski definition) is 3. The molecular weight excluding hydrogens is 280 g/mol. The van der Waals surface area contributed by atoms with Gasteiger partial charge in [0.2, 0.25) is 0 Å². The molecule has 0 aliphatic carbocycles. The zero-order valence-corrected chi connectivity index (χ0v) is 11.6. The monoisotopic (exact) mass is 294 g/mol. The van der Waals surface area contributed by atoms with E-state index in [0.717, 1.165) is 11.3 Å². The number of rotatable bonds is 5. The molecular formula is C13H14N2O4S. The van der Waals surface area contributed by atoms with Crippen LogP contribution in [0.2, 0.25) is 0 Å². The molecule has 1 unspecified atom stereocenters. The summed E-state index contributed by atoms with van der Waals surface area (Å²) in [4.78, 5) is 23.9. The largest absolute Gasteiger partial charge is 0.459 e. The summed E-state index contributed by atoms with van der Waals surface area (Å²) in [5.74, 6) is -0.444. The second-order valence-corrected chi connectivity index (χ2v) is 5.24. The normalized spacial score (nSPS) is 11.9. The van der Waals surface area contributed by atoms with E-state index in [2.05, 4.69) is 10.6 Å². The van der Waals surface area contributed by atoms with Crippen LogP contribution in [0, 0.1) is 0 Å². The van der Waals surface area contributed by atoms with Crippen LogP contribution in [-0.4, -0.2) is 29.6 Å². The van der Waals surface area contributed by atoms with E-state index < -0.39 is 6.10 Å². The molecule has 0 aliphatic heterocycles. The molecule has 1 atom stereocenters. The minimum atomic E-state index is -0.600. The van der Waals surface area contributed by atoms with Gasteiger partial charge in [-0.1, -0.05) is 0 Å². The summed E-state index contributed by atoms with van der Waals surface area (Å²) >= 11 is 1.15. The molecule has 2 heterocycles. The first-order chi connectivity index (χ1) is 9.56. The van der Waals surface area contributed by atoms with E-state index in [4.69, 9.17) is 9.52 Å². The Hall–Kier alpha value is -2.12. The van der Waals surface area contributed by atoms with E-state index in [0.29, 0.717) is 9.88 Å². The molecule has 0 saturated carbocycles. The van der Waals surface area contributed by atoms with Gasteiger partial charge in [-0.15, -0.1) is 11.3 Å². The Bertz CT molecular complexity index is 589. The Morgan fingerprint density at radius 2 is 2.15 bits per heavy atom. The smallest absolute Gasteiger partial charge is 0.291 e. The lowest BCUT2D eigenvalue weighted by Crippen LogP contribution is -2.29. The fourth-order valence-corrected chi connectivity index (χ4v) is 2.25. The molecule has 2 rings (SSSR count). The van der Waals surface area contributed by atoms with E-state index in [-0.39, 0.29) is 24.1 Å². The first-order valence-electron chi connectivity index (χ1n) is 5.97. The second kappa shape index (κ2) is 6.36. The number of furan rings is 1. The van der Waals surface area contributed by atoms with Crippen molar-refractivity contribution in [3.63, 3.8) is 0 Å². The molecule has 106 valence electrons. The molecule has 0 spiro atoms. The summed E-state index contributed by atoms with van der Waals surface area (Å²) in [7, 11) is 0. The number of thiophene rings is 1. The third-order valence-corrected chi connectivity index (χ3v) is 3.37. The Kier molecular flexibility index (Phi) is 4.54. The highest BCUT2D eigenvalue weighted by molar-refractivity contribution is 7.18. The number of carbonyl (C=O) groups is 2. The van der Waals surface area contributed by atoms with E-state index >= 15 is 0 Å². The third-order valence-electron chi connectivity index (χ3n) is 2.37. The van der Waals surface area contributed by atoms with Crippen molar-refractivity contribution in [1.82, 2.24) is 5.32 Å². The number of nitrogens with one attached hydrogen (secondary N) is 2. The second-order valence-electron chi connectivity index (χ2n) is 4.15. The van der Waals surface area contributed by atoms with Gasteiger partial charge >= 0.3 is 0 Å². The molecule has 0 bridgehead atoms. The summed E-state index contributed by atoms with van der Waals surface area (Å²) in [6, 6.07) is 6.43. The topological polar surface area (TPSA) is 91.6 Å². The standard InChI is InChI=1S/C13H14N2O4S/c1-8(16)7-14-13(18)10-4-5-11(20-10)15-12(17)9-3-2-6-19-9/h2-6,8,16H,7H2,1H3,(H,14,18)(H,15,17). The molecule has 20 heavy (non-hydrogen) atoms. The molecule has 0 radical (unpaired) electrons. The third kappa shape index (κ3) is 3.69. The molecule has 2 amide bonds. The first-order valence-corrected chi connectivity index (χ1v) is 6.79. The van der Waals surface area contributed by atoms with Crippen molar-refractivity contribution in [1.29, 1.82) is 0 Å². The summed E-state index contributed by atoms with van der Waals surface area (Å²) in [6.07, 6.45) is 0.815. The van der Waals surface area contributed by atoms with Gasteiger partial charge < -0.3 is 20.2 Å². The highest BCUT2D eigenvalue weighted by atomic mass is 32.1. The van der Waals surface area contributed by atoms with Crippen LogP contribution >= 0.6 is 11.3 Å². The van der Waals surface area contributed by atoms with Gasteiger partial charge in [-0.3, -0.25) is 9.59 Å². The van der Waals surface area contributed by atoms with E-state index in [1.807, 2.05) is 0 Å².